The number of aromatic nitrogens is 2. The molecule has 86 valence electrons. The first-order chi connectivity index (χ1) is 7.17. The summed E-state index contributed by atoms with van der Waals surface area (Å²) >= 11 is 1.89. The van der Waals surface area contributed by atoms with Gasteiger partial charge >= 0.3 is 0 Å². The Balaban J connectivity index is 2.42. The molecule has 0 aliphatic rings. The summed E-state index contributed by atoms with van der Waals surface area (Å²) in [6, 6.07) is 2.15. The van der Waals surface area contributed by atoms with Gasteiger partial charge in [-0.3, -0.25) is 4.68 Å². The highest BCUT2D eigenvalue weighted by atomic mass is 32.2. The number of thioether (sulfide) groups is 1. The molecule has 1 rings (SSSR count). The van der Waals surface area contributed by atoms with Crippen LogP contribution in [-0.2, 0) is 13.1 Å². The maximum Gasteiger partial charge on any atom is 0.0597 e. The summed E-state index contributed by atoms with van der Waals surface area (Å²) in [6.07, 6.45) is 2.15. The van der Waals surface area contributed by atoms with Crippen LogP contribution in [0.5, 0.6) is 0 Å². The van der Waals surface area contributed by atoms with E-state index in [4.69, 9.17) is 0 Å². The van der Waals surface area contributed by atoms with Gasteiger partial charge < -0.3 is 5.32 Å². The van der Waals surface area contributed by atoms with Crippen LogP contribution in [0.3, 0.4) is 0 Å². The Hall–Kier alpha value is -0.480. The summed E-state index contributed by atoms with van der Waals surface area (Å²) in [5.41, 5.74) is 2.38. The van der Waals surface area contributed by atoms with Gasteiger partial charge in [0.15, 0.2) is 0 Å². The molecule has 0 radical (unpaired) electrons. The number of aryl methyl sites for hydroxylation is 2. The van der Waals surface area contributed by atoms with Gasteiger partial charge in [0.05, 0.1) is 11.4 Å². The largest absolute Gasteiger partial charge is 0.310 e. The topological polar surface area (TPSA) is 29.9 Å². The number of nitrogens with one attached hydrogen (secondary N) is 1. The van der Waals surface area contributed by atoms with Gasteiger partial charge in [0.2, 0.25) is 0 Å². The van der Waals surface area contributed by atoms with Crippen LogP contribution in [0.2, 0.25) is 0 Å². The van der Waals surface area contributed by atoms with E-state index in [1.165, 1.54) is 5.69 Å². The second kappa shape index (κ2) is 6.18. The second-order valence-electron chi connectivity index (χ2n) is 3.77. The quantitative estimate of drug-likeness (QED) is 0.806. The lowest BCUT2D eigenvalue weighted by atomic mass is 10.3. The van der Waals surface area contributed by atoms with Gasteiger partial charge in [-0.25, -0.2) is 0 Å². The van der Waals surface area contributed by atoms with Gasteiger partial charge in [0.25, 0.3) is 0 Å². The van der Waals surface area contributed by atoms with Crippen molar-refractivity contribution in [2.24, 2.45) is 0 Å². The van der Waals surface area contributed by atoms with E-state index in [0.717, 1.165) is 25.3 Å². The van der Waals surface area contributed by atoms with Crippen molar-refractivity contribution in [3.8, 4) is 0 Å². The summed E-state index contributed by atoms with van der Waals surface area (Å²) < 4.78 is 2.06. The summed E-state index contributed by atoms with van der Waals surface area (Å²) in [5.74, 6) is 0. The summed E-state index contributed by atoms with van der Waals surface area (Å²) in [4.78, 5) is 0. The molecule has 0 aliphatic carbocycles. The lowest BCUT2D eigenvalue weighted by molar-refractivity contribution is 0.579. The van der Waals surface area contributed by atoms with Crippen LogP contribution >= 0.6 is 11.8 Å². The molecule has 1 N–H and O–H groups in total. The lowest BCUT2D eigenvalue weighted by Crippen LogP contribution is -2.23. The van der Waals surface area contributed by atoms with E-state index in [2.05, 4.69) is 41.3 Å². The van der Waals surface area contributed by atoms with Crippen LogP contribution in [0.1, 0.15) is 25.2 Å². The Kier molecular flexibility index (Phi) is 5.19. The maximum atomic E-state index is 4.42. The third kappa shape index (κ3) is 3.87. The predicted octanol–water partition coefficient (Wildman–Crippen LogP) is 2.05. The van der Waals surface area contributed by atoms with Crippen molar-refractivity contribution in [3.05, 3.63) is 17.5 Å². The molecular weight excluding hydrogens is 206 g/mol. The molecule has 0 amide bonds. The van der Waals surface area contributed by atoms with Crippen LogP contribution < -0.4 is 5.32 Å². The molecule has 15 heavy (non-hydrogen) atoms. The standard InChI is InChI=1S/C11H21N3S/c1-5-14-11(6-9(2)13-14)8-12-7-10(3)15-4/h6,10,12H,5,7-8H2,1-4H3. The average molecular weight is 227 g/mol. The van der Waals surface area contributed by atoms with Crippen molar-refractivity contribution >= 4 is 11.8 Å². The average Bonchev–Trinajstić information content (AvgIpc) is 2.58. The monoisotopic (exact) mass is 227 g/mol. The maximum absolute atomic E-state index is 4.42. The van der Waals surface area contributed by atoms with Gasteiger partial charge in [0, 0.05) is 24.9 Å². The van der Waals surface area contributed by atoms with Crippen molar-refractivity contribution in [1.82, 2.24) is 15.1 Å². The van der Waals surface area contributed by atoms with E-state index in [1.54, 1.807) is 0 Å². The molecule has 1 heterocycles. The van der Waals surface area contributed by atoms with Crippen molar-refractivity contribution in [2.45, 2.75) is 39.1 Å². The molecule has 0 aliphatic heterocycles. The van der Waals surface area contributed by atoms with Gasteiger partial charge in [-0.05, 0) is 26.2 Å². The first-order valence-electron chi connectivity index (χ1n) is 5.44. The summed E-state index contributed by atoms with van der Waals surface area (Å²) in [6.45, 7) is 9.32. The highest BCUT2D eigenvalue weighted by molar-refractivity contribution is 7.99. The van der Waals surface area contributed by atoms with Crippen molar-refractivity contribution in [1.29, 1.82) is 0 Å². The molecule has 3 nitrogen and oxygen atoms in total. The number of hydrogen-bond donors (Lipinski definition) is 1. The third-order valence-electron chi connectivity index (χ3n) is 2.43. The molecule has 0 spiro atoms. The molecule has 1 unspecified atom stereocenters. The summed E-state index contributed by atoms with van der Waals surface area (Å²) in [5, 5.41) is 8.55. The molecular formula is C11H21N3S. The number of hydrogen-bond acceptors (Lipinski definition) is 3. The fraction of sp³-hybridized carbons (Fsp3) is 0.727. The lowest BCUT2D eigenvalue weighted by Gasteiger charge is -2.10. The van der Waals surface area contributed by atoms with Crippen LogP contribution in [-0.4, -0.2) is 27.8 Å². The van der Waals surface area contributed by atoms with Gasteiger partial charge in [-0.15, -0.1) is 0 Å². The molecule has 0 fully saturated rings. The zero-order valence-corrected chi connectivity index (χ0v) is 10.9. The summed E-state index contributed by atoms with van der Waals surface area (Å²) in [7, 11) is 0. The van der Waals surface area contributed by atoms with E-state index in [0.29, 0.717) is 5.25 Å². The number of rotatable bonds is 6. The zero-order chi connectivity index (χ0) is 11.3. The fourth-order valence-electron chi connectivity index (χ4n) is 1.50. The Morgan fingerprint density at radius 1 is 1.60 bits per heavy atom. The van der Waals surface area contributed by atoms with E-state index < -0.39 is 0 Å². The fourth-order valence-corrected chi connectivity index (χ4v) is 1.79. The Bertz CT molecular complexity index is 296. The minimum absolute atomic E-state index is 0.670. The van der Waals surface area contributed by atoms with E-state index in [9.17, 15) is 0 Å². The van der Waals surface area contributed by atoms with Crippen LogP contribution in [0, 0.1) is 6.92 Å². The zero-order valence-electron chi connectivity index (χ0n) is 10.1. The molecule has 1 aromatic rings. The first-order valence-corrected chi connectivity index (χ1v) is 6.73. The van der Waals surface area contributed by atoms with Crippen molar-refractivity contribution in [2.75, 3.05) is 12.8 Å². The molecule has 0 bridgehead atoms. The van der Waals surface area contributed by atoms with Gasteiger partial charge in [-0.1, -0.05) is 6.92 Å². The minimum Gasteiger partial charge on any atom is -0.310 e. The minimum atomic E-state index is 0.670. The van der Waals surface area contributed by atoms with Crippen LogP contribution in [0.4, 0.5) is 0 Å². The molecule has 0 saturated carbocycles. The highest BCUT2D eigenvalue weighted by Crippen LogP contribution is 2.05. The Morgan fingerprint density at radius 3 is 2.93 bits per heavy atom. The molecule has 0 aromatic carbocycles. The van der Waals surface area contributed by atoms with Crippen molar-refractivity contribution in [3.63, 3.8) is 0 Å². The van der Waals surface area contributed by atoms with E-state index in [1.807, 2.05) is 18.7 Å². The predicted molar refractivity (Wildman–Crippen MR) is 67.3 cm³/mol. The smallest absolute Gasteiger partial charge is 0.0597 e. The van der Waals surface area contributed by atoms with Crippen LogP contribution in [0.15, 0.2) is 6.07 Å². The second-order valence-corrected chi connectivity index (χ2v) is 5.05. The van der Waals surface area contributed by atoms with Crippen LogP contribution in [0.25, 0.3) is 0 Å². The Morgan fingerprint density at radius 2 is 2.33 bits per heavy atom. The van der Waals surface area contributed by atoms with Gasteiger partial charge in [-0.2, -0.15) is 16.9 Å². The molecule has 0 saturated heterocycles. The van der Waals surface area contributed by atoms with E-state index in [-0.39, 0.29) is 0 Å². The molecule has 4 heteroatoms. The van der Waals surface area contributed by atoms with E-state index >= 15 is 0 Å². The highest BCUT2D eigenvalue weighted by Gasteiger charge is 2.04. The molecule has 1 aromatic heterocycles. The van der Waals surface area contributed by atoms with Gasteiger partial charge in [0.1, 0.15) is 0 Å². The first kappa shape index (κ1) is 12.6. The van der Waals surface area contributed by atoms with Crippen molar-refractivity contribution < 1.29 is 0 Å². The Labute approximate surface area is 96.6 Å². The molecule has 1 atom stereocenters. The third-order valence-corrected chi connectivity index (χ3v) is 3.40. The normalized spacial score (nSPS) is 13.1. The number of nitrogens with zero attached hydrogens (tertiary/aromatic N) is 2. The SMILES string of the molecule is CCn1nc(C)cc1CNCC(C)SC.